The molecule has 0 saturated heterocycles. The first kappa shape index (κ1) is 16.8. The van der Waals surface area contributed by atoms with Crippen molar-refractivity contribution in [3.8, 4) is 11.5 Å². The van der Waals surface area contributed by atoms with Crippen LogP contribution in [0.15, 0.2) is 45.3 Å². The highest BCUT2D eigenvalue weighted by molar-refractivity contribution is 9.10. The van der Waals surface area contributed by atoms with E-state index in [-0.39, 0.29) is 11.8 Å². The summed E-state index contributed by atoms with van der Waals surface area (Å²) in [6.07, 6.45) is -2.86. The number of fused-ring (bicyclic) bond motifs is 1. The van der Waals surface area contributed by atoms with E-state index in [1.54, 1.807) is 12.1 Å². The summed E-state index contributed by atoms with van der Waals surface area (Å²) in [5, 5.41) is 6.87. The topological polar surface area (TPSA) is 59.2 Å². The smallest absolute Gasteiger partial charge is 0.314 e. The first-order chi connectivity index (χ1) is 12.4. The van der Waals surface area contributed by atoms with Gasteiger partial charge in [-0.1, -0.05) is 6.07 Å². The SMILES string of the molecule is O=C1c2cc(-c3nnc(C(F)F)o3)ccc2CN1c1ccc(F)cc1Br. The quantitative estimate of drug-likeness (QED) is 0.610. The molecule has 0 spiro atoms. The lowest BCUT2D eigenvalue weighted by Crippen LogP contribution is -2.23. The number of rotatable bonds is 3. The van der Waals surface area contributed by atoms with Crippen LogP contribution in [0, 0.1) is 5.82 Å². The van der Waals surface area contributed by atoms with E-state index in [1.165, 1.54) is 29.2 Å². The summed E-state index contributed by atoms with van der Waals surface area (Å²) < 4.78 is 43.9. The van der Waals surface area contributed by atoms with Gasteiger partial charge in [-0.3, -0.25) is 4.79 Å². The van der Waals surface area contributed by atoms with Crippen LogP contribution in [0.3, 0.4) is 0 Å². The molecular weight excluding hydrogens is 415 g/mol. The van der Waals surface area contributed by atoms with Gasteiger partial charge in [0.1, 0.15) is 5.82 Å². The zero-order valence-electron chi connectivity index (χ0n) is 12.9. The van der Waals surface area contributed by atoms with Crippen LogP contribution in [0.25, 0.3) is 11.5 Å². The second-order valence-corrected chi connectivity index (χ2v) is 6.46. The van der Waals surface area contributed by atoms with Crippen molar-refractivity contribution >= 4 is 27.5 Å². The highest BCUT2D eigenvalue weighted by Gasteiger charge is 2.30. The van der Waals surface area contributed by atoms with Gasteiger partial charge in [0.15, 0.2) is 0 Å². The van der Waals surface area contributed by atoms with Crippen molar-refractivity contribution in [3.05, 3.63) is 63.7 Å². The molecule has 0 radical (unpaired) electrons. The van der Waals surface area contributed by atoms with Gasteiger partial charge < -0.3 is 9.32 Å². The summed E-state index contributed by atoms with van der Waals surface area (Å²) in [5.74, 6) is -1.57. The lowest BCUT2D eigenvalue weighted by Gasteiger charge is -2.17. The van der Waals surface area contributed by atoms with Gasteiger partial charge >= 0.3 is 6.43 Å². The standard InChI is InChI=1S/C17H9BrF3N3O2/c18-12-6-10(19)3-4-13(12)24-7-9-2-1-8(5-11(9)17(24)25)15-22-23-16(26-15)14(20)21/h1-6,14H,7H2. The third kappa shape index (κ3) is 2.78. The summed E-state index contributed by atoms with van der Waals surface area (Å²) in [4.78, 5) is 14.3. The molecule has 2 aromatic carbocycles. The molecule has 2 heterocycles. The van der Waals surface area contributed by atoms with Crippen LogP contribution in [0.1, 0.15) is 28.2 Å². The Kier molecular flexibility index (Phi) is 4.03. The fraction of sp³-hybridized carbons (Fsp3) is 0.118. The Morgan fingerprint density at radius 2 is 1.96 bits per heavy atom. The molecule has 1 aliphatic heterocycles. The molecule has 0 aliphatic carbocycles. The number of aromatic nitrogens is 2. The summed E-state index contributed by atoms with van der Waals surface area (Å²) in [5.41, 5.74) is 2.06. The minimum atomic E-state index is -2.86. The van der Waals surface area contributed by atoms with Gasteiger partial charge in [-0.15, -0.1) is 10.2 Å². The first-order valence-corrected chi connectivity index (χ1v) is 8.25. The predicted octanol–water partition coefficient (Wildman–Crippen LogP) is 4.74. The van der Waals surface area contributed by atoms with Crippen LogP contribution in [0.5, 0.6) is 0 Å². The molecule has 1 amide bonds. The fourth-order valence-corrected chi connectivity index (χ4v) is 3.33. The lowest BCUT2D eigenvalue weighted by molar-refractivity contribution is 0.0996. The Morgan fingerprint density at radius 3 is 2.65 bits per heavy atom. The van der Waals surface area contributed by atoms with E-state index in [2.05, 4.69) is 26.1 Å². The molecule has 9 heteroatoms. The Balaban J connectivity index is 1.68. The van der Waals surface area contributed by atoms with E-state index in [9.17, 15) is 18.0 Å². The van der Waals surface area contributed by atoms with Crippen LogP contribution >= 0.6 is 15.9 Å². The van der Waals surface area contributed by atoms with Gasteiger partial charge in [0.25, 0.3) is 11.8 Å². The molecule has 4 rings (SSSR count). The van der Waals surface area contributed by atoms with Crippen LogP contribution in [0.2, 0.25) is 0 Å². The number of nitrogens with zero attached hydrogens (tertiary/aromatic N) is 3. The van der Waals surface area contributed by atoms with Crippen molar-refractivity contribution in [1.29, 1.82) is 0 Å². The Bertz CT molecular complexity index is 1020. The van der Waals surface area contributed by atoms with Crippen LogP contribution in [-0.4, -0.2) is 16.1 Å². The normalized spacial score (nSPS) is 13.6. The molecule has 0 atom stereocenters. The summed E-state index contributed by atoms with van der Waals surface area (Å²) in [7, 11) is 0. The maximum Gasteiger partial charge on any atom is 0.314 e. The molecule has 1 aliphatic rings. The molecule has 26 heavy (non-hydrogen) atoms. The minimum absolute atomic E-state index is 0.0858. The second kappa shape index (κ2) is 6.24. The molecule has 1 aromatic heterocycles. The van der Waals surface area contributed by atoms with Crippen LogP contribution in [-0.2, 0) is 6.54 Å². The predicted molar refractivity (Wildman–Crippen MR) is 89.3 cm³/mol. The molecule has 132 valence electrons. The van der Waals surface area contributed by atoms with Gasteiger partial charge in [0.2, 0.25) is 5.89 Å². The van der Waals surface area contributed by atoms with Crippen molar-refractivity contribution in [2.24, 2.45) is 0 Å². The van der Waals surface area contributed by atoms with Crippen LogP contribution in [0.4, 0.5) is 18.9 Å². The zero-order chi connectivity index (χ0) is 18.4. The third-order valence-corrected chi connectivity index (χ3v) is 4.62. The highest BCUT2D eigenvalue weighted by Crippen LogP contribution is 2.35. The molecule has 0 N–H and O–H groups in total. The van der Waals surface area contributed by atoms with Crippen LogP contribution < -0.4 is 4.90 Å². The number of amides is 1. The lowest BCUT2D eigenvalue weighted by atomic mass is 10.1. The second-order valence-electron chi connectivity index (χ2n) is 5.61. The molecule has 0 saturated carbocycles. The van der Waals surface area contributed by atoms with Crippen molar-refractivity contribution in [1.82, 2.24) is 10.2 Å². The fourth-order valence-electron chi connectivity index (χ4n) is 2.77. The first-order valence-electron chi connectivity index (χ1n) is 7.46. The van der Waals surface area contributed by atoms with Gasteiger partial charge in [-0.05, 0) is 51.8 Å². The van der Waals surface area contributed by atoms with Gasteiger partial charge in [-0.25, -0.2) is 4.39 Å². The van der Waals surface area contributed by atoms with E-state index < -0.39 is 18.1 Å². The molecule has 0 bridgehead atoms. The maximum atomic E-state index is 13.3. The van der Waals surface area contributed by atoms with Crippen molar-refractivity contribution in [2.75, 3.05) is 4.90 Å². The van der Waals surface area contributed by atoms with E-state index in [4.69, 9.17) is 4.42 Å². The average molecular weight is 424 g/mol. The van der Waals surface area contributed by atoms with Gasteiger partial charge in [0, 0.05) is 15.6 Å². The number of anilines is 1. The highest BCUT2D eigenvalue weighted by atomic mass is 79.9. The summed E-state index contributed by atoms with van der Waals surface area (Å²) >= 11 is 3.26. The summed E-state index contributed by atoms with van der Waals surface area (Å²) in [6, 6.07) is 8.91. The van der Waals surface area contributed by atoms with E-state index >= 15 is 0 Å². The molecule has 0 fully saturated rings. The van der Waals surface area contributed by atoms with E-state index in [0.717, 1.165) is 5.56 Å². The zero-order valence-corrected chi connectivity index (χ0v) is 14.5. The monoisotopic (exact) mass is 423 g/mol. The number of halogens is 4. The van der Waals surface area contributed by atoms with E-state index in [1.807, 2.05) is 0 Å². The number of carbonyl (C=O) groups excluding carboxylic acids is 1. The Morgan fingerprint density at radius 1 is 1.15 bits per heavy atom. The Hall–Kier alpha value is -2.68. The van der Waals surface area contributed by atoms with Gasteiger partial charge in [0.05, 0.1) is 12.2 Å². The summed E-state index contributed by atoms with van der Waals surface area (Å²) in [6.45, 7) is 0.310. The Labute approximate surface area is 153 Å². The molecular formula is C17H9BrF3N3O2. The number of alkyl halides is 2. The van der Waals surface area contributed by atoms with E-state index in [0.29, 0.717) is 27.8 Å². The largest absolute Gasteiger partial charge is 0.415 e. The average Bonchev–Trinajstić information content (AvgIpc) is 3.21. The third-order valence-electron chi connectivity index (χ3n) is 3.99. The maximum absolute atomic E-state index is 13.3. The molecule has 0 unspecified atom stereocenters. The van der Waals surface area contributed by atoms with Crippen molar-refractivity contribution < 1.29 is 22.4 Å². The number of carbonyl (C=O) groups is 1. The van der Waals surface area contributed by atoms with Crippen molar-refractivity contribution in [3.63, 3.8) is 0 Å². The minimum Gasteiger partial charge on any atom is -0.415 e. The molecule has 5 nitrogen and oxygen atoms in total. The van der Waals surface area contributed by atoms with Gasteiger partial charge in [-0.2, -0.15) is 8.78 Å². The number of hydrogen-bond acceptors (Lipinski definition) is 4. The number of hydrogen-bond donors (Lipinski definition) is 0. The molecule has 3 aromatic rings. The number of benzene rings is 2. The van der Waals surface area contributed by atoms with Crippen molar-refractivity contribution in [2.45, 2.75) is 13.0 Å².